The van der Waals surface area contributed by atoms with E-state index in [9.17, 15) is 0 Å². The maximum Gasteiger partial charge on any atom is 0.195 e. The highest BCUT2D eigenvalue weighted by Crippen LogP contribution is 2.28. The number of hydrogen-bond acceptors (Lipinski definition) is 5. The Morgan fingerprint density at radius 3 is 2.62 bits per heavy atom. The zero-order chi connectivity index (χ0) is 17.8. The molecule has 0 radical (unpaired) electrons. The van der Waals surface area contributed by atoms with Crippen LogP contribution < -0.4 is 0 Å². The fourth-order valence-corrected chi connectivity index (χ4v) is 4.37. The molecule has 26 heavy (non-hydrogen) atoms. The summed E-state index contributed by atoms with van der Waals surface area (Å²) in [4.78, 5) is 4.78. The van der Waals surface area contributed by atoms with Crippen LogP contribution in [0.4, 0.5) is 0 Å². The van der Waals surface area contributed by atoms with E-state index in [-0.39, 0.29) is 0 Å². The SMILES string of the molecule is CCc1ccc(-c2nc(CSc3nncn3-c3ccccc3)cs2)cc1. The van der Waals surface area contributed by atoms with Gasteiger partial charge in [-0.15, -0.1) is 21.5 Å². The van der Waals surface area contributed by atoms with Crippen LogP contribution in [0.25, 0.3) is 16.3 Å². The van der Waals surface area contributed by atoms with Crippen molar-refractivity contribution in [1.29, 1.82) is 0 Å². The van der Waals surface area contributed by atoms with E-state index in [0.29, 0.717) is 0 Å². The van der Waals surface area contributed by atoms with Gasteiger partial charge in [0, 0.05) is 22.4 Å². The standard InChI is InChI=1S/C20H18N4S2/c1-2-15-8-10-16(11-9-15)19-22-17(12-25-19)13-26-20-23-21-14-24(20)18-6-4-3-5-7-18/h3-12,14H,2,13H2,1H3. The first-order valence-electron chi connectivity index (χ1n) is 8.45. The van der Waals surface area contributed by atoms with Crippen molar-refractivity contribution in [2.75, 3.05) is 0 Å². The molecule has 0 aliphatic carbocycles. The highest BCUT2D eigenvalue weighted by molar-refractivity contribution is 7.98. The number of rotatable bonds is 6. The van der Waals surface area contributed by atoms with Crippen LogP contribution in [0.5, 0.6) is 0 Å². The number of para-hydroxylation sites is 1. The molecule has 0 aliphatic heterocycles. The third-order valence-electron chi connectivity index (χ3n) is 4.06. The van der Waals surface area contributed by atoms with E-state index >= 15 is 0 Å². The van der Waals surface area contributed by atoms with E-state index in [1.165, 1.54) is 11.1 Å². The molecule has 2 aromatic carbocycles. The Morgan fingerprint density at radius 1 is 1.04 bits per heavy atom. The first-order valence-corrected chi connectivity index (χ1v) is 10.3. The lowest BCUT2D eigenvalue weighted by atomic mass is 10.1. The Balaban J connectivity index is 1.46. The minimum absolute atomic E-state index is 0.773. The summed E-state index contributed by atoms with van der Waals surface area (Å²) >= 11 is 3.34. The summed E-state index contributed by atoms with van der Waals surface area (Å²) in [5, 5.41) is 12.4. The van der Waals surface area contributed by atoms with Crippen molar-refractivity contribution in [2.24, 2.45) is 0 Å². The zero-order valence-electron chi connectivity index (χ0n) is 14.4. The lowest BCUT2D eigenvalue weighted by Gasteiger charge is -2.04. The van der Waals surface area contributed by atoms with Crippen molar-refractivity contribution in [3.63, 3.8) is 0 Å². The van der Waals surface area contributed by atoms with Crippen LogP contribution in [0.3, 0.4) is 0 Å². The van der Waals surface area contributed by atoms with Gasteiger partial charge in [0.25, 0.3) is 0 Å². The van der Waals surface area contributed by atoms with Crippen LogP contribution in [0.2, 0.25) is 0 Å². The number of nitrogens with zero attached hydrogens (tertiary/aromatic N) is 4. The van der Waals surface area contributed by atoms with E-state index in [2.05, 4.69) is 46.8 Å². The van der Waals surface area contributed by atoms with Crippen LogP contribution in [0.1, 0.15) is 18.2 Å². The Kier molecular flexibility index (Phi) is 5.13. The normalized spacial score (nSPS) is 11.0. The summed E-state index contributed by atoms with van der Waals surface area (Å²) < 4.78 is 2.00. The van der Waals surface area contributed by atoms with Crippen molar-refractivity contribution in [1.82, 2.24) is 19.7 Å². The maximum atomic E-state index is 4.78. The van der Waals surface area contributed by atoms with E-state index < -0.39 is 0 Å². The minimum atomic E-state index is 0.773. The second-order valence-electron chi connectivity index (χ2n) is 5.80. The van der Waals surface area contributed by atoms with Gasteiger partial charge in [-0.25, -0.2) is 4.98 Å². The van der Waals surface area contributed by atoms with E-state index in [4.69, 9.17) is 4.98 Å². The van der Waals surface area contributed by atoms with E-state index in [1.807, 2.05) is 34.9 Å². The largest absolute Gasteiger partial charge is 0.277 e. The fraction of sp³-hybridized carbons (Fsp3) is 0.150. The predicted molar refractivity (Wildman–Crippen MR) is 108 cm³/mol. The van der Waals surface area contributed by atoms with Gasteiger partial charge in [0.2, 0.25) is 0 Å². The molecular formula is C20H18N4S2. The Morgan fingerprint density at radius 2 is 1.85 bits per heavy atom. The smallest absolute Gasteiger partial charge is 0.195 e. The molecule has 4 aromatic rings. The predicted octanol–water partition coefficient (Wildman–Crippen LogP) is 5.25. The van der Waals surface area contributed by atoms with E-state index in [1.54, 1.807) is 29.4 Å². The third-order valence-corrected chi connectivity index (χ3v) is 5.98. The molecule has 0 fully saturated rings. The molecule has 4 rings (SSSR count). The molecule has 0 saturated heterocycles. The van der Waals surface area contributed by atoms with Crippen molar-refractivity contribution in [3.8, 4) is 16.3 Å². The summed E-state index contributed by atoms with van der Waals surface area (Å²) in [6.45, 7) is 2.17. The Labute approximate surface area is 161 Å². The van der Waals surface area contributed by atoms with Gasteiger partial charge < -0.3 is 0 Å². The van der Waals surface area contributed by atoms with Gasteiger partial charge in [-0.1, -0.05) is 61.2 Å². The molecular weight excluding hydrogens is 360 g/mol. The number of benzene rings is 2. The van der Waals surface area contributed by atoms with Crippen LogP contribution in [0.15, 0.2) is 71.5 Å². The average Bonchev–Trinajstić information content (AvgIpc) is 3.36. The van der Waals surface area contributed by atoms with E-state index in [0.717, 1.165) is 33.7 Å². The fourth-order valence-electron chi connectivity index (χ4n) is 2.62. The number of aromatic nitrogens is 4. The van der Waals surface area contributed by atoms with Gasteiger partial charge in [0.05, 0.1) is 5.69 Å². The van der Waals surface area contributed by atoms with Crippen molar-refractivity contribution < 1.29 is 0 Å². The summed E-state index contributed by atoms with van der Waals surface area (Å²) in [5.41, 5.74) is 4.66. The molecule has 0 amide bonds. The van der Waals surface area contributed by atoms with Crippen molar-refractivity contribution in [2.45, 2.75) is 24.3 Å². The Hall–Kier alpha value is -2.44. The molecule has 2 heterocycles. The summed E-state index contributed by atoms with van der Waals surface area (Å²) in [7, 11) is 0. The number of thiazole rings is 1. The Bertz CT molecular complexity index is 974. The summed E-state index contributed by atoms with van der Waals surface area (Å²) in [6.07, 6.45) is 2.81. The van der Waals surface area contributed by atoms with Gasteiger partial charge in [0.1, 0.15) is 11.3 Å². The molecule has 0 N–H and O–H groups in total. The molecule has 4 nitrogen and oxygen atoms in total. The number of aryl methyl sites for hydroxylation is 1. The first-order chi connectivity index (χ1) is 12.8. The quantitative estimate of drug-likeness (QED) is 0.430. The first kappa shape index (κ1) is 17.0. The highest BCUT2D eigenvalue weighted by atomic mass is 32.2. The topological polar surface area (TPSA) is 43.6 Å². The van der Waals surface area contributed by atoms with Crippen molar-refractivity contribution in [3.05, 3.63) is 77.6 Å². The second kappa shape index (κ2) is 7.85. The summed E-state index contributed by atoms with van der Waals surface area (Å²) in [5.74, 6) is 0.773. The zero-order valence-corrected chi connectivity index (χ0v) is 16.0. The molecule has 0 saturated carbocycles. The van der Waals surface area contributed by atoms with Crippen LogP contribution in [-0.2, 0) is 12.2 Å². The molecule has 0 spiro atoms. The van der Waals surface area contributed by atoms with Crippen molar-refractivity contribution >= 4 is 23.1 Å². The monoisotopic (exact) mass is 378 g/mol. The lowest BCUT2D eigenvalue weighted by Crippen LogP contribution is -1.95. The molecule has 0 unspecified atom stereocenters. The lowest BCUT2D eigenvalue weighted by molar-refractivity contribution is 0.883. The minimum Gasteiger partial charge on any atom is -0.277 e. The molecule has 0 atom stereocenters. The maximum absolute atomic E-state index is 4.78. The third kappa shape index (κ3) is 3.71. The molecule has 0 aliphatic rings. The molecule has 2 aromatic heterocycles. The van der Waals surface area contributed by atoms with Crippen LogP contribution >= 0.6 is 23.1 Å². The van der Waals surface area contributed by atoms with Crippen LogP contribution in [0, 0.1) is 0 Å². The highest BCUT2D eigenvalue weighted by Gasteiger charge is 2.10. The van der Waals surface area contributed by atoms with Gasteiger partial charge in [-0.3, -0.25) is 4.57 Å². The van der Waals surface area contributed by atoms with Gasteiger partial charge >= 0.3 is 0 Å². The van der Waals surface area contributed by atoms with Crippen LogP contribution in [-0.4, -0.2) is 19.7 Å². The number of hydrogen-bond donors (Lipinski definition) is 0. The van der Waals surface area contributed by atoms with Gasteiger partial charge in [0.15, 0.2) is 5.16 Å². The summed E-state index contributed by atoms with van der Waals surface area (Å²) in [6, 6.07) is 18.8. The molecule has 130 valence electrons. The number of thioether (sulfide) groups is 1. The molecule has 6 heteroatoms. The molecule has 0 bridgehead atoms. The average molecular weight is 379 g/mol. The van der Waals surface area contributed by atoms with Gasteiger partial charge in [-0.2, -0.15) is 0 Å². The second-order valence-corrected chi connectivity index (χ2v) is 7.60. The van der Waals surface area contributed by atoms with Gasteiger partial charge in [-0.05, 0) is 24.1 Å².